The van der Waals surface area contributed by atoms with Crippen molar-refractivity contribution in [2.75, 3.05) is 25.4 Å². The Morgan fingerprint density at radius 2 is 2.07 bits per heavy atom. The Labute approximate surface area is 99.5 Å². The second-order valence-electron chi connectivity index (χ2n) is 4.61. The second kappa shape index (κ2) is 7.53. The molecular weight excluding hydrogens is 206 g/mol. The molecular formula is C12H25NOS. The van der Waals surface area contributed by atoms with Gasteiger partial charge in [-0.3, -0.25) is 4.90 Å². The zero-order valence-corrected chi connectivity index (χ0v) is 10.8. The van der Waals surface area contributed by atoms with Crippen LogP contribution in [0.4, 0.5) is 0 Å². The molecule has 1 N–H and O–H groups in total. The molecule has 0 aromatic carbocycles. The van der Waals surface area contributed by atoms with Crippen molar-refractivity contribution < 1.29 is 5.11 Å². The molecule has 0 radical (unpaired) electrons. The number of nitrogens with zero attached hydrogens (tertiary/aromatic N) is 1. The van der Waals surface area contributed by atoms with Crippen LogP contribution >= 0.6 is 12.6 Å². The van der Waals surface area contributed by atoms with Gasteiger partial charge in [0.1, 0.15) is 0 Å². The van der Waals surface area contributed by atoms with Gasteiger partial charge in [0.15, 0.2) is 0 Å². The van der Waals surface area contributed by atoms with E-state index in [2.05, 4.69) is 24.5 Å². The lowest BCUT2D eigenvalue weighted by Gasteiger charge is -2.31. The Bertz CT molecular complexity index is 156. The summed E-state index contributed by atoms with van der Waals surface area (Å²) in [5.74, 6) is 1.64. The highest BCUT2D eigenvalue weighted by Crippen LogP contribution is 2.24. The SMILES string of the molecule is CCC(CS)CN(CCO)C1CCCC1. The third-order valence-corrected chi connectivity index (χ3v) is 4.07. The van der Waals surface area contributed by atoms with Crippen LogP contribution in [0.5, 0.6) is 0 Å². The van der Waals surface area contributed by atoms with Gasteiger partial charge in [-0.2, -0.15) is 12.6 Å². The number of aliphatic hydroxyl groups is 1. The number of hydrogen-bond acceptors (Lipinski definition) is 3. The van der Waals surface area contributed by atoms with Crippen molar-refractivity contribution in [3.05, 3.63) is 0 Å². The molecule has 0 heterocycles. The summed E-state index contributed by atoms with van der Waals surface area (Å²) in [5.41, 5.74) is 0. The van der Waals surface area contributed by atoms with E-state index < -0.39 is 0 Å². The van der Waals surface area contributed by atoms with Crippen LogP contribution in [0.15, 0.2) is 0 Å². The predicted molar refractivity (Wildman–Crippen MR) is 68.5 cm³/mol. The van der Waals surface area contributed by atoms with E-state index in [0.717, 1.165) is 24.9 Å². The molecule has 1 fully saturated rings. The van der Waals surface area contributed by atoms with Gasteiger partial charge in [0.05, 0.1) is 6.61 Å². The van der Waals surface area contributed by atoms with Crippen molar-refractivity contribution in [3.63, 3.8) is 0 Å². The van der Waals surface area contributed by atoms with Crippen molar-refractivity contribution in [1.29, 1.82) is 0 Å². The van der Waals surface area contributed by atoms with E-state index in [1.807, 2.05) is 0 Å². The van der Waals surface area contributed by atoms with Crippen LogP contribution in [-0.2, 0) is 0 Å². The lowest BCUT2D eigenvalue weighted by molar-refractivity contribution is 0.134. The minimum Gasteiger partial charge on any atom is -0.395 e. The average molecular weight is 231 g/mol. The zero-order chi connectivity index (χ0) is 11.1. The lowest BCUT2D eigenvalue weighted by atomic mass is 10.1. The maximum atomic E-state index is 9.09. The number of hydrogen-bond donors (Lipinski definition) is 2. The Balaban J connectivity index is 2.40. The van der Waals surface area contributed by atoms with E-state index in [1.54, 1.807) is 0 Å². The van der Waals surface area contributed by atoms with Gasteiger partial charge in [0, 0.05) is 19.1 Å². The lowest BCUT2D eigenvalue weighted by Crippen LogP contribution is -2.39. The van der Waals surface area contributed by atoms with E-state index >= 15 is 0 Å². The largest absolute Gasteiger partial charge is 0.395 e. The van der Waals surface area contributed by atoms with Crippen LogP contribution < -0.4 is 0 Å². The number of thiol groups is 1. The molecule has 0 aromatic heterocycles. The first-order valence-electron chi connectivity index (χ1n) is 6.27. The number of aliphatic hydroxyl groups excluding tert-OH is 1. The summed E-state index contributed by atoms with van der Waals surface area (Å²) in [6.45, 7) is 4.48. The molecule has 15 heavy (non-hydrogen) atoms. The molecule has 1 rings (SSSR count). The maximum Gasteiger partial charge on any atom is 0.0558 e. The molecule has 90 valence electrons. The van der Waals surface area contributed by atoms with Crippen molar-refractivity contribution in [2.24, 2.45) is 5.92 Å². The van der Waals surface area contributed by atoms with E-state index in [4.69, 9.17) is 5.11 Å². The molecule has 3 heteroatoms. The van der Waals surface area contributed by atoms with Gasteiger partial charge >= 0.3 is 0 Å². The third-order valence-electron chi connectivity index (χ3n) is 3.56. The number of rotatable bonds is 7. The molecule has 1 aliphatic rings. The molecule has 1 saturated carbocycles. The Kier molecular flexibility index (Phi) is 6.69. The molecule has 0 amide bonds. The van der Waals surface area contributed by atoms with Crippen molar-refractivity contribution in [1.82, 2.24) is 4.90 Å². The topological polar surface area (TPSA) is 23.5 Å². The van der Waals surface area contributed by atoms with Gasteiger partial charge in [-0.25, -0.2) is 0 Å². The smallest absolute Gasteiger partial charge is 0.0558 e. The van der Waals surface area contributed by atoms with Gasteiger partial charge in [0.25, 0.3) is 0 Å². The zero-order valence-electron chi connectivity index (χ0n) is 9.86. The quantitative estimate of drug-likeness (QED) is 0.656. The fourth-order valence-electron chi connectivity index (χ4n) is 2.47. The molecule has 1 unspecified atom stereocenters. The summed E-state index contributed by atoms with van der Waals surface area (Å²) in [4.78, 5) is 2.48. The van der Waals surface area contributed by atoms with E-state index in [0.29, 0.717) is 12.5 Å². The van der Waals surface area contributed by atoms with E-state index in [9.17, 15) is 0 Å². The molecule has 0 spiro atoms. The Morgan fingerprint density at radius 1 is 1.40 bits per heavy atom. The predicted octanol–water partition coefficient (Wildman–Crippen LogP) is 2.18. The molecule has 0 aliphatic heterocycles. The highest BCUT2D eigenvalue weighted by atomic mass is 32.1. The van der Waals surface area contributed by atoms with Crippen molar-refractivity contribution in [2.45, 2.75) is 45.1 Å². The monoisotopic (exact) mass is 231 g/mol. The minimum absolute atomic E-state index is 0.291. The summed E-state index contributed by atoms with van der Waals surface area (Å²) >= 11 is 4.39. The standard InChI is InChI=1S/C12H25NOS/c1-2-11(10-15)9-13(7-8-14)12-5-3-4-6-12/h11-12,14-15H,2-10H2,1H3. The van der Waals surface area contributed by atoms with Crippen LogP contribution in [0, 0.1) is 5.92 Å². The van der Waals surface area contributed by atoms with E-state index in [1.165, 1.54) is 32.1 Å². The first-order valence-corrected chi connectivity index (χ1v) is 6.90. The summed E-state index contributed by atoms with van der Waals surface area (Å²) < 4.78 is 0. The molecule has 2 nitrogen and oxygen atoms in total. The van der Waals surface area contributed by atoms with Crippen LogP contribution in [0.2, 0.25) is 0 Å². The summed E-state index contributed by atoms with van der Waals surface area (Å²) in [6, 6.07) is 0.728. The Hall–Kier alpha value is 0.270. The van der Waals surface area contributed by atoms with Crippen LogP contribution in [0.3, 0.4) is 0 Å². The second-order valence-corrected chi connectivity index (χ2v) is 4.98. The summed E-state index contributed by atoms with van der Waals surface area (Å²) in [7, 11) is 0. The van der Waals surface area contributed by atoms with Crippen LogP contribution in [0.1, 0.15) is 39.0 Å². The molecule has 1 aliphatic carbocycles. The van der Waals surface area contributed by atoms with Crippen LogP contribution in [-0.4, -0.2) is 41.5 Å². The fourth-order valence-corrected chi connectivity index (χ4v) is 2.84. The van der Waals surface area contributed by atoms with Crippen LogP contribution in [0.25, 0.3) is 0 Å². The Morgan fingerprint density at radius 3 is 2.53 bits per heavy atom. The van der Waals surface area contributed by atoms with E-state index in [-0.39, 0.29) is 0 Å². The van der Waals surface area contributed by atoms with Gasteiger partial charge in [-0.1, -0.05) is 26.2 Å². The minimum atomic E-state index is 0.291. The van der Waals surface area contributed by atoms with Crippen molar-refractivity contribution in [3.8, 4) is 0 Å². The maximum absolute atomic E-state index is 9.09. The van der Waals surface area contributed by atoms with Crippen molar-refractivity contribution >= 4 is 12.6 Å². The van der Waals surface area contributed by atoms with Gasteiger partial charge in [-0.15, -0.1) is 0 Å². The highest BCUT2D eigenvalue weighted by Gasteiger charge is 2.23. The highest BCUT2D eigenvalue weighted by molar-refractivity contribution is 7.80. The molecule has 0 saturated heterocycles. The van der Waals surface area contributed by atoms with Gasteiger partial charge in [0.2, 0.25) is 0 Å². The third kappa shape index (κ3) is 4.33. The molecule has 1 atom stereocenters. The first-order chi connectivity index (χ1) is 7.31. The fraction of sp³-hybridized carbons (Fsp3) is 1.00. The summed E-state index contributed by atoms with van der Waals surface area (Å²) in [6.07, 6.45) is 6.57. The van der Waals surface area contributed by atoms with Gasteiger partial charge in [-0.05, 0) is 24.5 Å². The van der Waals surface area contributed by atoms with Gasteiger partial charge < -0.3 is 5.11 Å². The summed E-state index contributed by atoms with van der Waals surface area (Å²) in [5, 5.41) is 9.09. The molecule has 0 aromatic rings. The molecule has 0 bridgehead atoms. The first kappa shape index (κ1) is 13.3. The average Bonchev–Trinajstić information content (AvgIpc) is 2.77. The normalized spacial score (nSPS) is 20.0.